The minimum atomic E-state index is -5.08. The molecule has 1 aromatic heterocycles. The molecule has 1 heterocycles. The Kier molecular flexibility index (Phi) is 17.1. The van der Waals surface area contributed by atoms with E-state index in [1.54, 1.807) is 18.2 Å². The number of aliphatic carboxylic acids is 3. The average molecular weight is 733 g/mol. The Morgan fingerprint density at radius 1 is 0.766 bits per heavy atom. The van der Waals surface area contributed by atoms with E-state index < -0.39 is 36.4 Å². The maximum Gasteiger partial charge on any atom is 0.490 e. The molecule has 0 spiro atoms. The first kappa shape index (κ1) is 42.7. The summed E-state index contributed by atoms with van der Waals surface area (Å²) in [6.45, 7) is 1.80. The molecule has 0 aliphatic rings. The fourth-order valence-corrected chi connectivity index (χ4v) is 2.98. The highest BCUT2D eigenvalue weighted by Crippen LogP contribution is 2.22. The number of alkyl halides is 9. The largest absolute Gasteiger partial charge is 0.490 e. The fraction of sp³-hybridized carbons (Fsp3) is 0.280. The molecule has 3 rings (SSSR count). The number of aromatic amines is 1. The van der Waals surface area contributed by atoms with Crippen molar-refractivity contribution in [3.8, 4) is 0 Å². The highest BCUT2D eigenvalue weighted by molar-refractivity contribution is 6.42. The number of hydrogen-bond donors (Lipinski definition) is 7. The molecule has 0 saturated carbocycles. The van der Waals surface area contributed by atoms with Gasteiger partial charge in [-0.2, -0.15) is 39.5 Å². The van der Waals surface area contributed by atoms with Gasteiger partial charge in [0.25, 0.3) is 0 Å². The fourth-order valence-electron chi connectivity index (χ4n) is 2.66. The summed E-state index contributed by atoms with van der Waals surface area (Å²) in [7, 11) is 0. The zero-order valence-electron chi connectivity index (χ0n) is 23.0. The first-order valence-electron chi connectivity index (χ1n) is 12.0. The van der Waals surface area contributed by atoms with E-state index >= 15 is 0 Å². The molecule has 0 radical (unpaired) electrons. The van der Waals surface area contributed by atoms with Crippen molar-refractivity contribution in [3.05, 3.63) is 74.4 Å². The summed E-state index contributed by atoms with van der Waals surface area (Å²) in [5.41, 5.74) is 7.95. The van der Waals surface area contributed by atoms with Gasteiger partial charge in [0.15, 0.2) is 5.43 Å². The molecule has 0 saturated heterocycles. The molecule has 8 N–H and O–H groups in total. The van der Waals surface area contributed by atoms with Crippen LogP contribution in [0.25, 0.3) is 10.9 Å². The van der Waals surface area contributed by atoms with Gasteiger partial charge in [0.05, 0.1) is 15.6 Å². The Bertz CT molecular complexity index is 1490. The van der Waals surface area contributed by atoms with Crippen molar-refractivity contribution in [3.63, 3.8) is 0 Å². The van der Waals surface area contributed by atoms with Crippen LogP contribution in [0, 0.1) is 0 Å². The van der Waals surface area contributed by atoms with Crippen molar-refractivity contribution < 1.29 is 69.2 Å². The minimum absolute atomic E-state index is 0.0202. The first-order valence-corrected chi connectivity index (χ1v) is 12.8. The highest BCUT2D eigenvalue weighted by Gasteiger charge is 2.39. The highest BCUT2D eigenvalue weighted by atomic mass is 35.5. The Hall–Kier alpha value is -4.27. The number of H-pyrrole nitrogens is 1. The van der Waals surface area contributed by atoms with Crippen LogP contribution in [0.3, 0.4) is 0 Å². The third kappa shape index (κ3) is 17.9. The molecular weight excluding hydrogens is 710 g/mol. The second-order valence-electron chi connectivity index (χ2n) is 8.52. The summed E-state index contributed by atoms with van der Waals surface area (Å²) in [5.74, 6) is -7.61. The zero-order chi connectivity index (χ0) is 36.8. The first-order chi connectivity index (χ1) is 21.4. The van der Waals surface area contributed by atoms with Crippen LogP contribution < -0.4 is 21.8 Å². The summed E-state index contributed by atoms with van der Waals surface area (Å²) in [5, 5.41) is 29.6. The number of nitrogens with one attached hydrogen (secondary N) is 3. The molecule has 1 atom stereocenters. The molecule has 0 amide bonds. The SMILES string of the molecule is NC(CNCc1ccc(Cl)c(Cl)c1)CNc1cc(=O)c2ccccc2[nH]1.O=C(O)C(F)(F)F.O=C(O)C(F)(F)F.O=C(O)C(F)(F)F. The van der Waals surface area contributed by atoms with E-state index in [1.165, 1.54) is 0 Å². The van der Waals surface area contributed by atoms with Gasteiger partial charge < -0.3 is 36.7 Å². The van der Waals surface area contributed by atoms with Gasteiger partial charge in [0.1, 0.15) is 5.82 Å². The summed E-state index contributed by atoms with van der Waals surface area (Å²) in [4.78, 5) is 42.0. The molecule has 3 aromatic rings. The Labute approximate surface area is 267 Å². The number of anilines is 1. The monoisotopic (exact) mass is 732 g/mol. The third-order valence-electron chi connectivity index (χ3n) is 4.74. The molecule has 22 heteroatoms. The second-order valence-corrected chi connectivity index (χ2v) is 9.34. The minimum Gasteiger partial charge on any atom is -0.475 e. The number of rotatable bonds is 7. The predicted octanol–water partition coefficient (Wildman–Crippen LogP) is 5.26. The lowest BCUT2D eigenvalue weighted by Gasteiger charge is -2.15. The van der Waals surface area contributed by atoms with Gasteiger partial charge in [-0.25, -0.2) is 14.4 Å². The molecule has 2 aromatic carbocycles. The third-order valence-corrected chi connectivity index (χ3v) is 5.48. The number of nitrogens with two attached hydrogens (primary N) is 1. The van der Waals surface area contributed by atoms with Gasteiger partial charge in [-0.15, -0.1) is 0 Å². The van der Waals surface area contributed by atoms with Crippen LogP contribution in [-0.2, 0) is 20.9 Å². The summed E-state index contributed by atoms with van der Waals surface area (Å²) >= 11 is 11.9. The molecule has 11 nitrogen and oxygen atoms in total. The number of carboxylic acids is 3. The molecule has 47 heavy (non-hydrogen) atoms. The molecule has 0 aliphatic carbocycles. The molecule has 0 fully saturated rings. The van der Waals surface area contributed by atoms with E-state index in [9.17, 15) is 44.3 Å². The van der Waals surface area contributed by atoms with Crippen molar-refractivity contribution in [2.24, 2.45) is 5.73 Å². The van der Waals surface area contributed by atoms with Crippen molar-refractivity contribution in [1.82, 2.24) is 10.3 Å². The van der Waals surface area contributed by atoms with Crippen molar-refractivity contribution >= 4 is 57.8 Å². The van der Waals surface area contributed by atoms with E-state index in [0.717, 1.165) is 11.1 Å². The van der Waals surface area contributed by atoms with Gasteiger partial charge in [0.2, 0.25) is 0 Å². The lowest BCUT2D eigenvalue weighted by Crippen LogP contribution is -2.39. The molecule has 0 aliphatic heterocycles. The second kappa shape index (κ2) is 18.8. The van der Waals surface area contributed by atoms with Crippen molar-refractivity contribution in [2.45, 2.75) is 31.1 Å². The van der Waals surface area contributed by atoms with Gasteiger partial charge >= 0.3 is 36.4 Å². The molecule has 0 bridgehead atoms. The molecule has 262 valence electrons. The Morgan fingerprint density at radius 3 is 1.68 bits per heavy atom. The number of aromatic nitrogens is 1. The maximum absolute atomic E-state index is 12.1. The predicted molar refractivity (Wildman–Crippen MR) is 150 cm³/mol. The summed E-state index contributed by atoms with van der Waals surface area (Å²) < 4.78 is 95.2. The maximum atomic E-state index is 12.1. The Balaban J connectivity index is 0.000000820. The van der Waals surface area contributed by atoms with E-state index in [4.69, 9.17) is 58.6 Å². The van der Waals surface area contributed by atoms with Crippen LogP contribution in [0.1, 0.15) is 5.56 Å². The number of pyridine rings is 1. The summed E-state index contributed by atoms with van der Waals surface area (Å²) in [6, 6.07) is 14.4. The van der Waals surface area contributed by atoms with Crippen molar-refractivity contribution in [1.29, 1.82) is 0 Å². The van der Waals surface area contributed by atoms with Crippen LogP contribution in [-0.4, -0.2) is 75.9 Å². The smallest absolute Gasteiger partial charge is 0.475 e. The van der Waals surface area contributed by atoms with E-state index in [-0.39, 0.29) is 11.5 Å². The van der Waals surface area contributed by atoms with Crippen molar-refractivity contribution in [2.75, 3.05) is 18.4 Å². The quantitative estimate of drug-likeness (QED) is 0.158. The number of fused-ring (bicyclic) bond motifs is 1. The van der Waals surface area contributed by atoms with Gasteiger partial charge in [-0.3, -0.25) is 4.79 Å². The van der Waals surface area contributed by atoms with Gasteiger partial charge in [-0.1, -0.05) is 41.4 Å². The summed E-state index contributed by atoms with van der Waals surface area (Å²) in [6.07, 6.45) is -15.3. The lowest BCUT2D eigenvalue weighted by atomic mass is 10.2. The topological polar surface area (TPSA) is 195 Å². The van der Waals surface area contributed by atoms with Crippen LogP contribution in [0.2, 0.25) is 10.0 Å². The number of carbonyl (C=O) groups is 3. The zero-order valence-corrected chi connectivity index (χ0v) is 24.5. The molecule has 1 unspecified atom stereocenters. The standard InChI is InChI=1S/C19H20Cl2N4O.3C2HF3O2/c20-15-6-5-12(7-16(15)21)9-23-10-13(22)11-24-19-8-18(26)14-3-1-2-4-17(14)25-19;3*3-2(4,5)1(6)7/h1-8,13,23H,9-11,22H2,(H2,24,25,26);3*(H,6,7). The normalized spacial score (nSPS) is 11.8. The van der Waals surface area contributed by atoms with Crippen LogP contribution in [0.5, 0.6) is 0 Å². The van der Waals surface area contributed by atoms with Gasteiger partial charge in [-0.05, 0) is 29.8 Å². The lowest BCUT2D eigenvalue weighted by molar-refractivity contribution is -0.193. The number of hydrogen-bond acceptors (Lipinski definition) is 7. The number of para-hydroxylation sites is 1. The number of benzene rings is 2. The average Bonchev–Trinajstić information content (AvgIpc) is 2.93. The van der Waals surface area contributed by atoms with Crippen LogP contribution >= 0.6 is 23.2 Å². The van der Waals surface area contributed by atoms with Gasteiger partial charge in [0, 0.05) is 37.1 Å². The van der Waals surface area contributed by atoms with Crippen LogP contribution in [0.4, 0.5) is 45.3 Å². The van der Waals surface area contributed by atoms with E-state index in [1.807, 2.05) is 30.3 Å². The van der Waals surface area contributed by atoms with E-state index in [0.29, 0.717) is 40.9 Å². The van der Waals surface area contributed by atoms with E-state index in [2.05, 4.69) is 15.6 Å². The number of halogens is 11. The Morgan fingerprint density at radius 2 is 1.23 bits per heavy atom. The number of carboxylic acid groups (broad SMARTS) is 3. The van der Waals surface area contributed by atoms with Crippen LogP contribution in [0.15, 0.2) is 53.3 Å². The molecular formula is C25H23Cl2F9N4O7.